The van der Waals surface area contributed by atoms with Gasteiger partial charge >= 0.3 is 0 Å². The molecule has 1 nitrogen and oxygen atoms in total. The smallest absolute Gasteiger partial charge is 0.126 e. The van der Waals surface area contributed by atoms with Gasteiger partial charge in [-0.1, -0.05) is 49.7 Å². The molecule has 0 heterocycles. The van der Waals surface area contributed by atoms with Crippen LogP contribution in [0.1, 0.15) is 31.4 Å². The minimum Gasteiger partial charge on any atom is -0.486 e. The Labute approximate surface area is 107 Å². The van der Waals surface area contributed by atoms with Gasteiger partial charge in [0, 0.05) is 6.07 Å². The number of halogens is 1. The van der Waals surface area contributed by atoms with E-state index in [0.717, 1.165) is 18.4 Å². The molecule has 0 bridgehead atoms. The third-order valence-electron chi connectivity index (χ3n) is 2.80. The summed E-state index contributed by atoms with van der Waals surface area (Å²) in [6, 6.07) is 16.3. The zero-order valence-corrected chi connectivity index (χ0v) is 10.5. The van der Waals surface area contributed by atoms with Crippen molar-refractivity contribution in [1.82, 2.24) is 0 Å². The van der Waals surface area contributed by atoms with Crippen LogP contribution in [0.25, 0.3) is 0 Å². The van der Waals surface area contributed by atoms with Crippen molar-refractivity contribution in [3.8, 4) is 5.75 Å². The largest absolute Gasteiger partial charge is 0.486 e. The average Bonchev–Trinajstić information content (AvgIpc) is 2.39. The Hall–Kier alpha value is -1.83. The monoisotopic (exact) mass is 244 g/mol. The molecule has 2 heteroatoms. The quantitative estimate of drug-likeness (QED) is 0.737. The van der Waals surface area contributed by atoms with Crippen LogP contribution in [0.2, 0.25) is 0 Å². The van der Waals surface area contributed by atoms with Gasteiger partial charge in [0.2, 0.25) is 0 Å². The topological polar surface area (TPSA) is 9.23 Å². The van der Waals surface area contributed by atoms with E-state index in [0.29, 0.717) is 5.75 Å². The molecule has 18 heavy (non-hydrogen) atoms. The molecule has 0 N–H and O–H groups in total. The van der Waals surface area contributed by atoms with E-state index >= 15 is 0 Å². The Balaban J connectivity index is 2.16. The highest BCUT2D eigenvalue weighted by Gasteiger charge is 2.12. The van der Waals surface area contributed by atoms with Crippen LogP contribution < -0.4 is 4.74 Å². The van der Waals surface area contributed by atoms with Gasteiger partial charge in [-0.25, -0.2) is 4.39 Å². The Morgan fingerprint density at radius 2 is 1.83 bits per heavy atom. The van der Waals surface area contributed by atoms with E-state index in [-0.39, 0.29) is 11.9 Å². The Bertz CT molecular complexity index is 481. The molecule has 1 unspecified atom stereocenters. The van der Waals surface area contributed by atoms with Crippen molar-refractivity contribution in [1.29, 1.82) is 0 Å². The first-order chi connectivity index (χ1) is 8.79. The number of hydrogen-bond donors (Lipinski definition) is 0. The van der Waals surface area contributed by atoms with Crippen LogP contribution in [0.4, 0.5) is 4.39 Å². The standard InChI is InChI=1S/C16H17FO/c1-2-7-16(13-8-4-3-5-9-13)18-15-11-6-10-14(17)12-15/h3-6,8-12,16H,2,7H2,1H3. The van der Waals surface area contributed by atoms with Crippen molar-refractivity contribution in [2.24, 2.45) is 0 Å². The molecule has 1 atom stereocenters. The Morgan fingerprint density at radius 3 is 2.50 bits per heavy atom. The maximum atomic E-state index is 13.1. The molecule has 0 aliphatic heterocycles. The van der Waals surface area contributed by atoms with Gasteiger partial charge in [0.1, 0.15) is 17.7 Å². The van der Waals surface area contributed by atoms with Gasteiger partial charge in [-0.05, 0) is 24.1 Å². The van der Waals surface area contributed by atoms with Gasteiger partial charge in [-0.15, -0.1) is 0 Å². The molecular weight excluding hydrogens is 227 g/mol. The number of rotatable bonds is 5. The Kier molecular flexibility index (Phi) is 4.35. The van der Waals surface area contributed by atoms with Crippen molar-refractivity contribution in [3.63, 3.8) is 0 Å². The Morgan fingerprint density at radius 1 is 1.06 bits per heavy atom. The lowest BCUT2D eigenvalue weighted by Gasteiger charge is -2.19. The summed E-state index contributed by atoms with van der Waals surface area (Å²) in [5, 5.41) is 0. The van der Waals surface area contributed by atoms with Crippen LogP contribution in [0.15, 0.2) is 54.6 Å². The van der Waals surface area contributed by atoms with Gasteiger partial charge in [0.05, 0.1) is 0 Å². The number of hydrogen-bond acceptors (Lipinski definition) is 1. The molecule has 2 aromatic rings. The van der Waals surface area contributed by atoms with Gasteiger partial charge < -0.3 is 4.74 Å². The first-order valence-electron chi connectivity index (χ1n) is 6.26. The highest BCUT2D eigenvalue weighted by atomic mass is 19.1. The van der Waals surface area contributed by atoms with Crippen molar-refractivity contribution in [2.45, 2.75) is 25.9 Å². The molecule has 0 aromatic heterocycles. The third-order valence-corrected chi connectivity index (χ3v) is 2.80. The van der Waals surface area contributed by atoms with Crippen LogP contribution in [-0.2, 0) is 0 Å². The van der Waals surface area contributed by atoms with E-state index in [2.05, 4.69) is 6.92 Å². The van der Waals surface area contributed by atoms with Crippen LogP contribution in [-0.4, -0.2) is 0 Å². The zero-order chi connectivity index (χ0) is 12.8. The molecule has 0 aliphatic carbocycles. The van der Waals surface area contributed by atoms with Gasteiger partial charge in [-0.2, -0.15) is 0 Å². The second kappa shape index (κ2) is 6.20. The summed E-state index contributed by atoms with van der Waals surface area (Å²) in [5.41, 5.74) is 1.13. The number of ether oxygens (including phenoxy) is 1. The van der Waals surface area contributed by atoms with Crippen LogP contribution in [0.5, 0.6) is 5.75 Å². The summed E-state index contributed by atoms with van der Waals surface area (Å²) in [7, 11) is 0. The second-order valence-electron chi connectivity index (χ2n) is 4.26. The van der Waals surface area contributed by atoms with E-state index in [1.807, 2.05) is 30.3 Å². The highest BCUT2D eigenvalue weighted by molar-refractivity contribution is 5.25. The molecule has 2 rings (SSSR count). The number of benzene rings is 2. The summed E-state index contributed by atoms with van der Waals surface area (Å²) in [4.78, 5) is 0. The molecule has 0 saturated heterocycles. The van der Waals surface area contributed by atoms with Gasteiger partial charge in [0.15, 0.2) is 0 Å². The van der Waals surface area contributed by atoms with Gasteiger partial charge in [0.25, 0.3) is 0 Å². The van der Waals surface area contributed by atoms with Crippen molar-refractivity contribution in [3.05, 3.63) is 66.0 Å². The molecule has 0 aliphatic rings. The predicted octanol–water partition coefficient (Wildman–Crippen LogP) is 4.75. The van der Waals surface area contributed by atoms with Crippen molar-refractivity contribution in [2.75, 3.05) is 0 Å². The van der Waals surface area contributed by atoms with Crippen LogP contribution in [0.3, 0.4) is 0 Å². The SMILES string of the molecule is CCCC(Oc1cccc(F)c1)c1ccccc1. The van der Waals surface area contributed by atoms with E-state index in [4.69, 9.17) is 4.74 Å². The fourth-order valence-corrected chi connectivity index (χ4v) is 1.93. The summed E-state index contributed by atoms with van der Waals surface area (Å²) >= 11 is 0. The molecule has 0 amide bonds. The summed E-state index contributed by atoms with van der Waals surface area (Å²) in [6.07, 6.45) is 1.92. The normalized spacial score (nSPS) is 12.1. The fourth-order valence-electron chi connectivity index (χ4n) is 1.93. The lowest BCUT2D eigenvalue weighted by Crippen LogP contribution is -2.07. The summed E-state index contributed by atoms with van der Waals surface area (Å²) in [5.74, 6) is 0.313. The van der Waals surface area contributed by atoms with E-state index in [9.17, 15) is 4.39 Å². The van der Waals surface area contributed by atoms with E-state index < -0.39 is 0 Å². The zero-order valence-electron chi connectivity index (χ0n) is 10.5. The molecule has 2 aromatic carbocycles. The lowest BCUT2D eigenvalue weighted by molar-refractivity contribution is 0.193. The molecule has 94 valence electrons. The maximum absolute atomic E-state index is 13.1. The molecular formula is C16H17FO. The molecule has 0 spiro atoms. The van der Waals surface area contributed by atoms with Crippen molar-refractivity contribution >= 4 is 0 Å². The predicted molar refractivity (Wildman–Crippen MR) is 71.1 cm³/mol. The van der Waals surface area contributed by atoms with E-state index in [1.54, 1.807) is 12.1 Å². The maximum Gasteiger partial charge on any atom is 0.126 e. The van der Waals surface area contributed by atoms with E-state index in [1.165, 1.54) is 12.1 Å². The summed E-state index contributed by atoms with van der Waals surface area (Å²) in [6.45, 7) is 2.12. The highest BCUT2D eigenvalue weighted by Crippen LogP contribution is 2.26. The first-order valence-corrected chi connectivity index (χ1v) is 6.26. The third kappa shape index (κ3) is 3.33. The summed E-state index contributed by atoms with van der Waals surface area (Å²) < 4.78 is 19.0. The second-order valence-corrected chi connectivity index (χ2v) is 4.26. The molecule has 0 radical (unpaired) electrons. The van der Waals surface area contributed by atoms with Crippen LogP contribution >= 0.6 is 0 Å². The fraction of sp³-hybridized carbons (Fsp3) is 0.250. The first kappa shape index (κ1) is 12.6. The minimum atomic E-state index is -0.268. The van der Waals surface area contributed by atoms with Crippen molar-refractivity contribution < 1.29 is 9.13 Å². The van der Waals surface area contributed by atoms with Gasteiger partial charge in [-0.3, -0.25) is 0 Å². The molecule has 0 fully saturated rings. The minimum absolute atomic E-state index is 0.0157. The average molecular weight is 244 g/mol. The van der Waals surface area contributed by atoms with Crippen LogP contribution in [0, 0.1) is 5.82 Å². The lowest BCUT2D eigenvalue weighted by atomic mass is 10.1. The molecule has 0 saturated carbocycles.